The number of alkyl halides is 2. The second kappa shape index (κ2) is 6.75. The Morgan fingerprint density at radius 3 is 3.00 bits per heavy atom. The highest BCUT2D eigenvalue weighted by Crippen LogP contribution is 2.17. The minimum absolute atomic E-state index is 0.142. The van der Waals surface area contributed by atoms with Gasteiger partial charge in [0, 0.05) is 18.7 Å². The van der Waals surface area contributed by atoms with Gasteiger partial charge in [0.25, 0.3) is 6.43 Å². The zero-order valence-corrected chi connectivity index (χ0v) is 10.1. The maximum absolute atomic E-state index is 12.4. The van der Waals surface area contributed by atoms with Crippen LogP contribution in [0.15, 0.2) is 18.2 Å². The predicted octanol–water partition coefficient (Wildman–Crippen LogP) is 3.10. The topological polar surface area (TPSA) is 31.4 Å². The highest BCUT2D eigenvalue weighted by Gasteiger charge is 2.14. The molecule has 2 heterocycles. The largest absolute Gasteiger partial charge is 0.353 e. The lowest BCUT2D eigenvalue weighted by Crippen LogP contribution is -2.23. The minimum Gasteiger partial charge on any atom is -0.353 e. The summed E-state index contributed by atoms with van der Waals surface area (Å²) < 4.78 is 35.8. The van der Waals surface area contributed by atoms with Crippen LogP contribution < -0.4 is 0 Å². The molecule has 18 heavy (non-hydrogen) atoms. The smallest absolute Gasteiger partial charge is 0.280 e. The molecule has 0 spiro atoms. The average molecular weight is 257 g/mol. The number of hydrogen-bond donors (Lipinski definition) is 0. The Kier molecular flexibility index (Phi) is 5.01. The summed E-state index contributed by atoms with van der Waals surface area (Å²) in [5.41, 5.74) is 0.449. The lowest BCUT2D eigenvalue weighted by molar-refractivity contribution is -0.161. The van der Waals surface area contributed by atoms with E-state index in [2.05, 4.69) is 4.98 Å². The summed E-state index contributed by atoms with van der Waals surface area (Å²) in [6.45, 7) is 1.19. The van der Waals surface area contributed by atoms with E-state index in [1.165, 1.54) is 6.07 Å². The van der Waals surface area contributed by atoms with Crippen molar-refractivity contribution in [2.45, 2.75) is 38.4 Å². The molecule has 2 rings (SSSR count). The number of pyridine rings is 1. The van der Waals surface area contributed by atoms with Gasteiger partial charge in [-0.15, -0.1) is 0 Å². The minimum atomic E-state index is -2.52. The Morgan fingerprint density at radius 1 is 1.39 bits per heavy atom. The van der Waals surface area contributed by atoms with Crippen molar-refractivity contribution in [3.05, 3.63) is 29.6 Å². The number of aromatic nitrogens is 1. The van der Waals surface area contributed by atoms with Gasteiger partial charge in [0.05, 0.1) is 6.61 Å². The standard InChI is InChI=1S/C13H17F2NO2/c14-13(15)11-5-3-4-10(16-11)7-9-18-12-6-1-2-8-17-12/h3-5,12-13H,1-2,6-9H2. The van der Waals surface area contributed by atoms with Crippen LogP contribution in [0.5, 0.6) is 0 Å². The van der Waals surface area contributed by atoms with Gasteiger partial charge in [0.1, 0.15) is 5.69 Å². The van der Waals surface area contributed by atoms with E-state index >= 15 is 0 Å². The van der Waals surface area contributed by atoms with Crippen molar-refractivity contribution >= 4 is 0 Å². The molecule has 1 unspecified atom stereocenters. The van der Waals surface area contributed by atoms with Crippen LogP contribution in [0, 0.1) is 0 Å². The summed E-state index contributed by atoms with van der Waals surface area (Å²) in [5, 5.41) is 0. The maximum Gasteiger partial charge on any atom is 0.280 e. The lowest BCUT2D eigenvalue weighted by atomic mass is 10.2. The number of hydrogen-bond acceptors (Lipinski definition) is 3. The first kappa shape index (κ1) is 13.4. The van der Waals surface area contributed by atoms with Crippen molar-refractivity contribution in [2.24, 2.45) is 0 Å². The van der Waals surface area contributed by atoms with Crippen LogP contribution >= 0.6 is 0 Å². The van der Waals surface area contributed by atoms with Crippen molar-refractivity contribution in [3.8, 4) is 0 Å². The normalized spacial score (nSPS) is 20.3. The molecule has 5 heteroatoms. The third-order valence-electron chi connectivity index (χ3n) is 2.85. The quantitative estimate of drug-likeness (QED) is 0.812. The molecule has 1 aromatic rings. The van der Waals surface area contributed by atoms with Gasteiger partial charge >= 0.3 is 0 Å². The fourth-order valence-electron chi connectivity index (χ4n) is 1.90. The molecular formula is C13H17F2NO2. The van der Waals surface area contributed by atoms with E-state index < -0.39 is 6.43 Å². The summed E-state index contributed by atoms with van der Waals surface area (Å²) in [4.78, 5) is 3.88. The van der Waals surface area contributed by atoms with E-state index in [0.717, 1.165) is 25.9 Å². The lowest BCUT2D eigenvalue weighted by Gasteiger charge is -2.22. The van der Waals surface area contributed by atoms with Gasteiger partial charge in [-0.25, -0.2) is 8.78 Å². The van der Waals surface area contributed by atoms with Crippen LogP contribution in [0.4, 0.5) is 8.78 Å². The second-order valence-corrected chi connectivity index (χ2v) is 4.27. The van der Waals surface area contributed by atoms with Gasteiger partial charge in [0.2, 0.25) is 0 Å². The van der Waals surface area contributed by atoms with Crippen LogP contribution in [0.25, 0.3) is 0 Å². The van der Waals surface area contributed by atoms with Crippen LogP contribution in [-0.4, -0.2) is 24.5 Å². The molecule has 1 atom stereocenters. The van der Waals surface area contributed by atoms with E-state index in [1.807, 2.05) is 0 Å². The molecule has 1 aromatic heterocycles. The monoisotopic (exact) mass is 257 g/mol. The van der Waals surface area contributed by atoms with Gasteiger partial charge in [-0.1, -0.05) is 6.07 Å². The van der Waals surface area contributed by atoms with Crippen LogP contribution in [-0.2, 0) is 15.9 Å². The molecule has 1 saturated heterocycles. The number of ether oxygens (including phenoxy) is 2. The van der Waals surface area contributed by atoms with E-state index in [-0.39, 0.29) is 12.0 Å². The summed E-state index contributed by atoms with van der Waals surface area (Å²) in [7, 11) is 0. The Bertz CT molecular complexity index is 368. The van der Waals surface area contributed by atoms with Crippen molar-refractivity contribution in [1.82, 2.24) is 4.98 Å². The van der Waals surface area contributed by atoms with Gasteiger partial charge < -0.3 is 9.47 Å². The molecule has 3 nitrogen and oxygen atoms in total. The number of rotatable bonds is 5. The molecule has 1 aliphatic rings. The van der Waals surface area contributed by atoms with Crippen molar-refractivity contribution in [3.63, 3.8) is 0 Å². The third kappa shape index (κ3) is 3.99. The molecule has 0 amide bonds. The second-order valence-electron chi connectivity index (χ2n) is 4.27. The third-order valence-corrected chi connectivity index (χ3v) is 2.85. The van der Waals surface area contributed by atoms with Gasteiger partial charge in [0.15, 0.2) is 6.29 Å². The summed E-state index contributed by atoms with van der Waals surface area (Å²) in [6.07, 6.45) is 0.969. The molecule has 0 radical (unpaired) electrons. The fourth-order valence-corrected chi connectivity index (χ4v) is 1.90. The first-order chi connectivity index (χ1) is 8.75. The van der Waals surface area contributed by atoms with Crippen molar-refractivity contribution in [2.75, 3.05) is 13.2 Å². The average Bonchev–Trinajstić information content (AvgIpc) is 2.40. The first-order valence-electron chi connectivity index (χ1n) is 6.23. The van der Waals surface area contributed by atoms with Crippen LogP contribution in [0.1, 0.15) is 37.1 Å². The Morgan fingerprint density at radius 2 is 2.28 bits per heavy atom. The maximum atomic E-state index is 12.4. The predicted molar refractivity (Wildman–Crippen MR) is 62.4 cm³/mol. The molecule has 0 bridgehead atoms. The summed E-state index contributed by atoms with van der Waals surface area (Å²) >= 11 is 0. The SMILES string of the molecule is FC(F)c1cccc(CCOC2CCCCO2)n1. The van der Waals surface area contributed by atoms with E-state index in [4.69, 9.17) is 9.47 Å². The summed E-state index contributed by atoms with van der Waals surface area (Å²) in [5.74, 6) is 0. The molecule has 0 N–H and O–H groups in total. The Hall–Kier alpha value is -1.07. The first-order valence-corrected chi connectivity index (χ1v) is 6.23. The number of halogens is 2. The highest BCUT2D eigenvalue weighted by molar-refractivity contribution is 5.12. The molecule has 1 aliphatic heterocycles. The van der Waals surface area contributed by atoms with E-state index in [1.54, 1.807) is 12.1 Å². The Balaban J connectivity index is 1.77. The van der Waals surface area contributed by atoms with Gasteiger partial charge in [-0.2, -0.15) is 0 Å². The molecule has 100 valence electrons. The van der Waals surface area contributed by atoms with E-state index in [0.29, 0.717) is 18.7 Å². The van der Waals surface area contributed by atoms with Gasteiger partial charge in [-0.3, -0.25) is 4.98 Å². The zero-order valence-electron chi connectivity index (χ0n) is 10.1. The molecule has 0 aliphatic carbocycles. The molecule has 1 fully saturated rings. The Labute approximate surface area is 105 Å². The van der Waals surface area contributed by atoms with E-state index in [9.17, 15) is 8.78 Å². The fraction of sp³-hybridized carbons (Fsp3) is 0.615. The molecular weight excluding hydrogens is 240 g/mol. The van der Waals surface area contributed by atoms with Crippen molar-refractivity contribution < 1.29 is 18.3 Å². The zero-order chi connectivity index (χ0) is 12.8. The van der Waals surface area contributed by atoms with Gasteiger partial charge in [-0.05, 0) is 31.4 Å². The number of nitrogens with zero attached hydrogens (tertiary/aromatic N) is 1. The highest BCUT2D eigenvalue weighted by atomic mass is 19.3. The summed E-state index contributed by atoms with van der Waals surface area (Å²) in [6, 6.07) is 4.66. The van der Waals surface area contributed by atoms with Crippen LogP contribution in [0.2, 0.25) is 0 Å². The van der Waals surface area contributed by atoms with Crippen LogP contribution in [0.3, 0.4) is 0 Å². The van der Waals surface area contributed by atoms with Crippen molar-refractivity contribution in [1.29, 1.82) is 0 Å². The molecule has 0 aromatic carbocycles. The molecule has 0 saturated carbocycles.